The molecule has 7 nitrogen and oxygen atoms in total. The number of aromatic nitrogens is 2. The summed E-state index contributed by atoms with van der Waals surface area (Å²) in [6.07, 6.45) is 0. The first-order valence-corrected chi connectivity index (χ1v) is 13.4. The van der Waals surface area contributed by atoms with Crippen molar-refractivity contribution < 1.29 is 9.47 Å². The summed E-state index contributed by atoms with van der Waals surface area (Å²) >= 11 is 1.83. The number of thiophene rings is 1. The number of nitrogens with zero attached hydrogens (tertiary/aromatic N) is 4. The van der Waals surface area contributed by atoms with Crippen molar-refractivity contribution in [3.63, 3.8) is 0 Å². The first-order chi connectivity index (χ1) is 17.9. The molecule has 4 aromatic rings. The predicted octanol–water partition coefficient (Wildman–Crippen LogP) is 5.60. The Hall–Kier alpha value is -3.20. The van der Waals surface area contributed by atoms with Crippen LogP contribution in [0.3, 0.4) is 0 Å². The zero-order chi connectivity index (χ0) is 26.1. The molecule has 1 fully saturated rings. The number of likely N-dealkylation sites (N-methyl/N-ethyl adjacent to an activating group) is 1. The summed E-state index contributed by atoms with van der Waals surface area (Å²) in [4.78, 5) is 16.7. The topological polar surface area (TPSA) is 62.8 Å². The summed E-state index contributed by atoms with van der Waals surface area (Å²) in [5, 5.41) is 4.53. The van der Waals surface area contributed by atoms with E-state index in [2.05, 4.69) is 77.5 Å². The predicted molar refractivity (Wildman–Crippen MR) is 152 cm³/mol. The molecule has 0 saturated carbocycles. The first kappa shape index (κ1) is 25.4. The SMILES string of the molecule is COc1cc2nc(C)nc(NC(C)c3ccc(-c4ccccc4CN4CC(N(C)C)C4)s3)c2cc1OC. The minimum atomic E-state index is 0.0766. The van der Waals surface area contributed by atoms with Gasteiger partial charge in [0.15, 0.2) is 11.5 Å². The zero-order valence-corrected chi connectivity index (χ0v) is 23.2. The lowest BCUT2D eigenvalue weighted by molar-refractivity contribution is 0.0575. The highest BCUT2D eigenvalue weighted by molar-refractivity contribution is 7.15. The average Bonchev–Trinajstić information content (AvgIpc) is 3.35. The molecule has 1 saturated heterocycles. The molecule has 2 aromatic heterocycles. The maximum Gasteiger partial charge on any atom is 0.162 e. The standard InChI is InChI=1S/C29H35N5O2S/c1-18(30-29-23-13-25(35-5)26(36-6)14-24(23)31-19(2)32-29)27-11-12-28(37-27)22-10-8-7-9-20(22)15-34-16-21(17-34)33(3)4/h7-14,18,21H,15-17H2,1-6H3,(H,30,31,32). The fourth-order valence-electron chi connectivity index (χ4n) is 4.83. The average molecular weight is 518 g/mol. The highest BCUT2D eigenvalue weighted by Crippen LogP contribution is 2.38. The Morgan fingerprint density at radius 2 is 1.78 bits per heavy atom. The summed E-state index contributed by atoms with van der Waals surface area (Å²) in [5.74, 6) is 2.81. The minimum Gasteiger partial charge on any atom is -0.493 e. The molecule has 1 atom stereocenters. The quantitative estimate of drug-likeness (QED) is 0.310. The summed E-state index contributed by atoms with van der Waals surface area (Å²) in [7, 11) is 7.60. The molecule has 8 heteroatoms. The second kappa shape index (κ2) is 10.7. The van der Waals surface area contributed by atoms with Gasteiger partial charge in [-0.15, -0.1) is 11.3 Å². The van der Waals surface area contributed by atoms with Gasteiger partial charge in [-0.2, -0.15) is 0 Å². The van der Waals surface area contributed by atoms with E-state index in [4.69, 9.17) is 14.5 Å². The molecule has 0 amide bonds. The van der Waals surface area contributed by atoms with E-state index < -0.39 is 0 Å². The lowest BCUT2D eigenvalue weighted by atomic mass is 10.0. The van der Waals surface area contributed by atoms with E-state index in [0.717, 1.165) is 36.4 Å². The molecule has 0 spiro atoms. The lowest BCUT2D eigenvalue weighted by Crippen LogP contribution is -2.56. The van der Waals surface area contributed by atoms with Gasteiger partial charge in [-0.25, -0.2) is 9.97 Å². The molecule has 1 aliphatic heterocycles. The number of ether oxygens (including phenoxy) is 2. The van der Waals surface area contributed by atoms with E-state index >= 15 is 0 Å². The molecule has 1 unspecified atom stereocenters. The Labute approximate surface area is 223 Å². The first-order valence-electron chi connectivity index (χ1n) is 12.6. The second-order valence-electron chi connectivity index (χ2n) is 9.88. The fraction of sp³-hybridized carbons (Fsp3) is 0.379. The molecule has 5 rings (SSSR count). The minimum absolute atomic E-state index is 0.0766. The van der Waals surface area contributed by atoms with Gasteiger partial charge in [0, 0.05) is 46.9 Å². The van der Waals surface area contributed by atoms with Gasteiger partial charge in [-0.1, -0.05) is 24.3 Å². The van der Waals surface area contributed by atoms with E-state index in [1.807, 2.05) is 30.4 Å². The largest absolute Gasteiger partial charge is 0.493 e. The number of benzene rings is 2. The van der Waals surface area contributed by atoms with Crippen molar-refractivity contribution in [2.24, 2.45) is 0 Å². The van der Waals surface area contributed by atoms with Gasteiger partial charge in [0.05, 0.1) is 25.8 Å². The molecule has 1 aliphatic rings. The number of likely N-dealkylation sites (tertiary alicyclic amines) is 1. The molecule has 2 aromatic carbocycles. The van der Waals surface area contributed by atoms with Gasteiger partial charge < -0.3 is 19.7 Å². The fourth-order valence-corrected chi connectivity index (χ4v) is 5.90. The lowest BCUT2D eigenvalue weighted by Gasteiger charge is -2.43. The van der Waals surface area contributed by atoms with Crippen molar-refractivity contribution in [1.82, 2.24) is 19.8 Å². The smallest absolute Gasteiger partial charge is 0.162 e. The second-order valence-corrected chi connectivity index (χ2v) is 11.0. The van der Waals surface area contributed by atoms with Crippen LogP contribution in [0.1, 0.15) is 29.2 Å². The Balaban J connectivity index is 1.37. The van der Waals surface area contributed by atoms with Crippen molar-refractivity contribution in [3.8, 4) is 21.9 Å². The molecular formula is C29H35N5O2S. The normalized spacial score (nSPS) is 15.1. The van der Waals surface area contributed by atoms with Gasteiger partial charge in [0.2, 0.25) is 0 Å². The summed E-state index contributed by atoms with van der Waals surface area (Å²) < 4.78 is 11.0. The van der Waals surface area contributed by atoms with Crippen LogP contribution in [-0.4, -0.2) is 67.2 Å². The van der Waals surface area contributed by atoms with Crippen molar-refractivity contribution in [1.29, 1.82) is 0 Å². The maximum absolute atomic E-state index is 5.53. The number of anilines is 1. The number of methoxy groups -OCH3 is 2. The van der Waals surface area contributed by atoms with E-state index in [9.17, 15) is 0 Å². The molecule has 194 valence electrons. The van der Waals surface area contributed by atoms with Crippen LogP contribution in [0.25, 0.3) is 21.3 Å². The number of hydrogen-bond donors (Lipinski definition) is 1. The summed E-state index contributed by atoms with van der Waals surface area (Å²) in [5.41, 5.74) is 3.52. The Morgan fingerprint density at radius 3 is 2.51 bits per heavy atom. The number of nitrogens with one attached hydrogen (secondary N) is 1. The number of rotatable bonds is 9. The van der Waals surface area contributed by atoms with Crippen LogP contribution < -0.4 is 14.8 Å². The van der Waals surface area contributed by atoms with Gasteiger partial charge in [-0.05, 0) is 57.3 Å². The maximum atomic E-state index is 5.53. The van der Waals surface area contributed by atoms with Crippen LogP contribution in [0, 0.1) is 6.92 Å². The highest BCUT2D eigenvalue weighted by atomic mass is 32.1. The third-order valence-electron chi connectivity index (χ3n) is 7.06. The molecule has 0 bridgehead atoms. The van der Waals surface area contributed by atoms with Crippen LogP contribution in [0.15, 0.2) is 48.5 Å². The van der Waals surface area contributed by atoms with Crippen LogP contribution in [0.5, 0.6) is 11.5 Å². The van der Waals surface area contributed by atoms with Crippen LogP contribution in [0.4, 0.5) is 5.82 Å². The Bertz CT molecular complexity index is 1400. The molecule has 37 heavy (non-hydrogen) atoms. The van der Waals surface area contributed by atoms with Crippen molar-refractivity contribution in [2.45, 2.75) is 32.5 Å². The van der Waals surface area contributed by atoms with Crippen LogP contribution >= 0.6 is 11.3 Å². The van der Waals surface area contributed by atoms with Crippen LogP contribution in [0.2, 0.25) is 0 Å². The Morgan fingerprint density at radius 1 is 1.05 bits per heavy atom. The monoisotopic (exact) mass is 517 g/mol. The van der Waals surface area contributed by atoms with E-state index in [0.29, 0.717) is 23.4 Å². The van der Waals surface area contributed by atoms with E-state index in [1.165, 1.54) is 20.9 Å². The third kappa shape index (κ3) is 5.28. The molecule has 3 heterocycles. The molecule has 0 radical (unpaired) electrons. The van der Waals surface area contributed by atoms with Gasteiger partial charge in [0.25, 0.3) is 0 Å². The van der Waals surface area contributed by atoms with Gasteiger partial charge in [0.1, 0.15) is 11.6 Å². The zero-order valence-electron chi connectivity index (χ0n) is 22.4. The molecular weight excluding hydrogens is 482 g/mol. The summed E-state index contributed by atoms with van der Waals surface area (Å²) in [6.45, 7) is 7.32. The van der Waals surface area contributed by atoms with Crippen molar-refractivity contribution in [3.05, 3.63) is 64.8 Å². The summed E-state index contributed by atoms with van der Waals surface area (Å²) in [6, 6.07) is 17.8. The third-order valence-corrected chi connectivity index (χ3v) is 8.37. The van der Waals surface area contributed by atoms with Gasteiger partial charge in [-0.3, -0.25) is 4.90 Å². The van der Waals surface area contributed by atoms with Crippen molar-refractivity contribution >= 4 is 28.1 Å². The van der Waals surface area contributed by atoms with E-state index in [-0.39, 0.29) is 6.04 Å². The Kier molecular flexibility index (Phi) is 7.33. The highest BCUT2D eigenvalue weighted by Gasteiger charge is 2.28. The van der Waals surface area contributed by atoms with E-state index in [1.54, 1.807) is 14.2 Å². The number of fused-ring (bicyclic) bond motifs is 1. The number of hydrogen-bond acceptors (Lipinski definition) is 8. The van der Waals surface area contributed by atoms with Crippen LogP contribution in [-0.2, 0) is 6.54 Å². The van der Waals surface area contributed by atoms with Gasteiger partial charge >= 0.3 is 0 Å². The van der Waals surface area contributed by atoms with Crippen molar-refractivity contribution in [2.75, 3.05) is 46.7 Å². The molecule has 0 aliphatic carbocycles. The number of aryl methyl sites for hydroxylation is 1. The molecule has 1 N–H and O–H groups in total.